The second kappa shape index (κ2) is 5.67. The van der Waals surface area contributed by atoms with E-state index >= 15 is 0 Å². The number of hydrogen-bond acceptors (Lipinski definition) is 2. The fourth-order valence-electron chi connectivity index (χ4n) is 2.74. The predicted molar refractivity (Wildman–Crippen MR) is 71.1 cm³/mol. The van der Waals surface area contributed by atoms with Gasteiger partial charge in [0.1, 0.15) is 0 Å². The highest BCUT2D eigenvalue weighted by Gasteiger charge is 2.21. The Kier molecular flexibility index (Phi) is 4.21. The van der Waals surface area contributed by atoms with Crippen molar-refractivity contribution in [2.24, 2.45) is 0 Å². The van der Waals surface area contributed by atoms with Crippen molar-refractivity contribution < 1.29 is 0 Å². The van der Waals surface area contributed by atoms with Crippen LogP contribution in [0.1, 0.15) is 63.8 Å². The molecule has 1 N–H and O–H groups in total. The van der Waals surface area contributed by atoms with E-state index in [1.165, 1.54) is 36.9 Å². The lowest BCUT2D eigenvalue weighted by Gasteiger charge is -2.15. The SMILES string of the molecule is CCc1c(CNC(C)C)cnn1C1CCCC1. The summed E-state index contributed by atoms with van der Waals surface area (Å²) in [5.74, 6) is 0. The largest absolute Gasteiger partial charge is 0.310 e. The molecule has 0 aliphatic heterocycles. The number of rotatable bonds is 5. The van der Waals surface area contributed by atoms with E-state index in [1.54, 1.807) is 0 Å². The van der Waals surface area contributed by atoms with E-state index in [-0.39, 0.29) is 0 Å². The van der Waals surface area contributed by atoms with Crippen molar-refractivity contribution in [3.8, 4) is 0 Å². The molecule has 0 aromatic carbocycles. The molecule has 96 valence electrons. The van der Waals surface area contributed by atoms with Crippen molar-refractivity contribution in [2.75, 3.05) is 0 Å². The summed E-state index contributed by atoms with van der Waals surface area (Å²) in [6.07, 6.45) is 8.51. The minimum absolute atomic E-state index is 0.537. The molecule has 1 aromatic heterocycles. The highest BCUT2D eigenvalue weighted by atomic mass is 15.3. The fraction of sp³-hybridized carbons (Fsp3) is 0.786. The van der Waals surface area contributed by atoms with Gasteiger partial charge in [-0.15, -0.1) is 0 Å². The molecule has 1 fully saturated rings. The number of nitrogens with zero attached hydrogens (tertiary/aromatic N) is 2. The molecule has 2 rings (SSSR count). The van der Waals surface area contributed by atoms with Gasteiger partial charge in [0, 0.05) is 23.8 Å². The van der Waals surface area contributed by atoms with Gasteiger partial charge in [-0.1, -0.05) is 33.6 Å². The summed E-state index contributed by atoms with van der Waals surface area (Å²) in [7, 11) is 0. The molecule has 3 nitrogen and oxygen atoms in total. The van der Waals surface area contributed by atoms with Gasteiger partial charge in [0.25, 0.3) is 0 Å². The van der Waals surface area contributed by atoms with E-state index in [0.29, 0.717) is 12.1 Å². The Morgan fingerprint density at radius 2 is 2.12 bits per heavy atom. The maximum absolute atomic E-state index is 4.62. The lowest BCUT2D eigenvalue weighted by Crippen LogP contribution is -2.22. The van der Waals surface area contributed by atoms with Crippen LogP contribution in [0.3, 0.4) is 0 Å². The molecule has 0 radical (unpaired) electrons. The smallest absolute Gasteiger partial charge is 0.0537 e. The number of aromatic nitrogens is 2. The molecule has 0 atom stereocenters. The van der Waals surface area contributed by atoms with Crippen LogP contribution in [0, 0.1) is 0 Å². The Bertz CT molecular complexity index is 348. The van der Waals surface area contributed by atoms with Gasteiger partial charge in [0.2, 0.25) is 0 Å². The fourth-order valence-corrected chi connectivity index (χ4v) is 2.74. The Hall–Kier alpha value is -0.830. The van der Waals surface area contributed by atoms with Crippen molar-refractivity contribution >= 4 is 0 Å². The predicted octanol–water partition coefficient (Wildman–Crippen LogP) is 3.06. The van der Waals surface area contributed by atoms with E-state index in [0.717, 1.165) is 13.0 Å². The van der Waals surface area contributed by atoms with Crippen molar-refractivity contribution in [3.05, 3.63) is 17.5 Å². The maximum Gasteiger partial charge on any atom is 0.0537 e. The van der Waals surface area contributed by atoms with E-state index in [9.17, 15) is 0 Å². The van der Waals surface area contributed by atoms with Gasteiger partial charge in [0.05, 0.1) is 12.2 Å². The zero-order valence-electron chi connectivity index (χ0n) is 11.4. The van der Waals surface area contributed by atoms with Crippen LogP contribution in [0.15, 0.2) is 6.20 Å². The summed E-state index contributed by atoms with van der Waals surface area (Å²) in [6, 6.07) is 1.20. The van der Waals surface area contributed by atoms with Gasteiger partial charge in [-0.3, -0.25) is 4.68 Å². The third kappa shape index (κ3) is 2.89. The van der Waals surface area contributed by atoms with Crippen LogP contribution < -0.4 is 5.32 Å². The Balaban J connectivity index is 2.11. The summed E-state index contributed by atoms with van der Waals surface area (Å²) >= 11 is 0. The molecular weight excluding hydrogens is 210 g/mol. The highest BCUT2D eigenvalue weighted by molar-refractivity contribution is 5.18. The van der Waals surface area contributed by atoms with E-state index < -0.39 is 0 Å². The molecule has 17 heavy (non-hydrogen) atoms. The number of nitrogens with one attached hydrogen (secondary N) is 1. The quantitative estimate of drug-likeness (QED) is 0.850. The first-order valence-corrected chi connectivity index (χ1v) is 7.01. The molecular formula is C14H25N3. The summed E-state index contributed by atoms with van der Waals surface area (Å²) in [5, 5.41) is 8.11. The monoisotopic (exact) mass is 235 g/mol. The van der Waals surface area contributed by atoms with E-state index in [2.05, 4.69) is 42.1 Å². The normalized spacial score (nSPS) is 17.2. The van der Waals surface area contributed by atoms with Gasteiger partial charge in [-0.05, 0) is 19.3 Å². The third-order valence-electron chi connectivity index (χ3n) is 3.69. The molecule has 0 amide bonds. The first-order chi connectivity index (χ1) is 8.22. The number of hydrogen-bond donors (Lipinski definition) is 1. The van der Waals surface area contributed by atoms with Crippen LogP contribution in [0.2, 0.25) is 0 Å². The van der Waals surface area contributed by atoms with E-state index in [4.69, 9.17) is 0 Å². The molecule has 0 spiro atoms. The van der Waals surface area contributed by atoms with Crippen LogP contribution in [0.25, 0.3) is 0 Å². The lowest BCUT2D eigenvalue weighted by molar-refractivity contribution is 0.450. The van der Waals surface area contributed by atoms with Crippen molar-refractivity contribution in [1.29, 1.82) is 0 Å². The van der Waals surface area contributed by atoms with Crippen molar-refractivity contribution in [2.45, 2.75) is 71.5 Å². The summed E-state index contributed by atoms with van der Waals surface area (Å²) in [5.41, 5.74) is 2.82. The standard InChI is InChI=1S/C14H25N3/c1-4-14-12(9-15-11(2)3)10-16-17(14)13-7-5-6-8-13/h10-11,13,15H,4-9H2,1-3H3. The van der Waals surface area contributed by atoms with Gasteiger partial charge in [-0.25, -0.2) is 0 Å². The van der Waals surface area contributed by atoms with Crippen LogP contribution in [-0.4, -0.2) is 15.8 Å². The summed E-state index contributed by atoms with van der Waals surface area (Å²) in [6.45, 7) is 7.56. The second-order valence-corrected chi connectivity index (χ2v) is 5.39. The zero-order chi connectivity index (χ0) is 12.3. The average Bonchev–Trinajstić information content (AvgIpc) is 2.94. The van der Waals surface area contributed by atoms with Crippen molar-refractivity contribution in [3.63, 3.8) is 0 Å². The molecule has 0 unspecified atom stereocenters. The van der Waals surface area contributed by atoms with Crippen LogP contribution in [0.5, 0.6) is 0 Å². The van der Waals surface area contributed by atoms with Crippen LogP contribution in [-0.2, 0) is 13.0 Å². The first-order valence-electron chi connectivity index (χ1n) is 7.01. The summed E-state index contributed by atoms with van der Waals surface area (Å²) in [4.78, 5) is 0. The molecule has 3 heteroatoms. The highest BCUT2D eigenvalue weighted by Crippen LogP contribution is 2.30. The Morgan fingerprint density at radius 3 is 2.71 bits per heavy atom. The molecule has 1 aliphatic carbocycles. The van der Waals surface area contributed by atoms with Gasteiger partial charge in [0.15, 0.2) is 0 Å². The van der Waals surface area contributed by atoms with Gasteiger partial charge < -0.3 is 5.32 Å². The van der Waals surface area contributed by atoms with Gasteiger partial charge in [-0.2, -0.15) is 5.10 Å². The summed E-state index contributed by atoms with van der Waals surface area (Å²) < 4.78 is 2.30. The molecule has 0 bridgehead atoms. The minimum Gasteiger partial charge on any atom is -0.310 e. The molecule has 1 aliphatic rings. The molecule has 0 saturated heterocycles. The lowest BCUT2D eigenvalue weighted by atomic mass is 10.1. The maximum atomic E-state index is 4.62. The zero-order valence-corrected chi connectivity index (χ0v) is 11.4. The average molecular weight is 235 g/mol. The molecule has 1 aromatic rings. The Morgan fingerprint density at radius 1 is 1.41 bits per heavy atom. The first kappa shape index (κ1) is 12.6. The molecule has 1 saturated carbocycles. The van der Waals surface area contributed by atoms with Gasteiger partial charge >= 0.3 is 0 Å². The van der Waals surface area contributed by atoms with Crippen LogP contribution >= 0.6 is 0 Å². The molecule has 1 heterocycles. The third-order valence-corrected chi connectivity index (χ3v) is 3.69. The van der Waals surface area contributed by atoms with Crippen molar-refractivity contribution in [1.82, 2.24) is 15.1 Å². The van der Waals surface area contributed by atoms with E-state index in [1.807, 2.05) is 0 Å². The Labute approximate surface area is 105 Å². The topological polar surface area (TPSA) is 29.9 Å². The second-order valence-electron chi connectivity index (χ2n) is 5.39. The minimum atomic E-state index is 0.537. The van der Waals surface area contributed by atoms with Crippen LogP contribution in [0.4, 0.5) is 0 Å².